The van der Waals surface area contributed by atoms with Gasteiger partial charge in [0.1, 0.15) is 0 Å². The Labute approximate surface area is 198 Å². The first-order valence-corrected chi connectivity index (χ1v) is 10.7. The van der Waals surface area contributed by atoms with Crippen molar-refractivity contribution in [3.8, 4) is 0 Å². The van der Waals surface area contributed by atoms with Gasteiger partial charge in [0.05, 0.1) is 6.54 Å². The van der Waals surface area contributed by atoms with Gasteiger partial charge in [-0.25, -0.2) is 0 Å². The van der Waals surface area contributed by atoms with Crippen LogP contribution in [0.5, 0.6) is 0 Å². The highest BCUT2D eigenvalue weighted by Gasteiger charge is 2.33. The molecule has 2 aliphatic rings. The van der Waals surface area contributed by atoms with Crippen LogP contribution in [0.1, 0.15) is 22.6 Å². The van der Waals surface area contributed by atoms with E-state index in [0.717, 1.165) is 45.8 Å². The van der Waals surface area contributed by atoms with Crippen LogP contribution in [-0.2, 0) is 11.3 Å². The number of rotatable bonds is 5. The first-order valence-electron chi connectivity index (χ1n) is 10.7. The molecule has 0 radical (unpaired) electrons. The summed E-state index contributed by atoms with van der Waals surface area (Å²) >= 11 is 0. The largest absolute Gasteiger partial charge is 0.339 e. The highest BCUT2D eigenvalue weighted by atomic mass is 35.5. The maximum absolute atomic E-state index is 12.8. The minimum Gasteiger partial charge on any atom is -0.339 e. The van der Waals surface area contributed by atoms with E-state index in [1.807, 2.05) is 11.0 Å². The van der Waals surface area contributed by atoms with E-state index in [4.69, 9.17) is 5.73 Å². The van der Waals surface area contributed by atoms with E-state index in [1.54, 1.807) is 0 Å². The van der Waals surface area contributed by atoms with E-state index in [2.05, 4.69) is 65.3 Å². The molecule has 5 nitrogen and oxygen atoms in total. The molecule has 0 unspecified atom stereocenters. The van der Waals surface area contributed by atoms with E-state index in [-0.39, 0.29) is 36.8 Å². The van der Waals surface area contributed by atoms with Crippen LogP contribution >= 0.6 is 24.8 Å². The quantitative estimate of drug-likeness (QED) is 0.738. The van der Waals surface area contributed by atoms with Crippen molar-refractivity contribution < 1.29 is 4.79 Å². The standard InChI is InChI=1S/C24H32N4O.2ClH/c1-19-6-5-7-20(14-19)15-26-10-12-28(13-11-26)24(29)18-27-16-22(23(25)17-27)21-8-3-2-4-9-21;;/h2-9,14,22-23H,10-13,15-18,25H2,1H3;2*1H/t22-,23+;;/m0../s1. The summed E-state index contributed by atoms with van der Waals surface area (Å²) in [7, 11) is 0. The van der Waals surface area contributed by atoms with Crippen molar-refractivity contribution in [3.05, 3.63) is 71.3 Å². The van der Waals surface area contributed by atoms with E-state index < -0.39 is 0 Å². The van der Waals surface area contributed by atoms with Gasteiger partial charge in [0.2, 0.25) is 5.91 Å². The molecule has 2 aromatic carbocycles. The van der Waals surface area contributed by atoms with Crippen LogP contribution in [0.15, 0.2) is 54.6 Å². The first kappa shape index (κ1) is 25.6. The summed E-state index contributed by atoms with van der Waals surface area (Å²) < 4.78 is 0. The molecule has 2 N–H and O–H groups in total. The molecular weight excluding hydrogens is 431 g/mol. The van der Waals surface area contributed by atoms with Crippen molar-refractivity contribution in [2.24, 2.45) is 5.73 Å². The fourth-order valence-electron chi connectivity index (χ4n) is 4.61. The molecule has 2 atom stereocenters. The molecule has 170 valence electrons. The average Bonchev–Trinajstić information content (AvgIpc) is 3.09. The van der Waals surface area contributed by atoms with Gasteiger partial charge in [-0.3, -0.25) is 14.6 Å². The van der Waals surface area contributed by atoms with Gasteiger partial charge in [-0.1, -0.05) is 60.2 Å². The van der Waals surface area contributed by atoms with Crippen molar-refractivity contribution in [2.75, 3.05) is 45.8 Å². The molecule has 2 heterocycles. The number of hydrogen-bond donors (Lipinski definition) is 1. The van der Waals surface area contributed by atoms with Crippen LogP contribution in [0.4, 0.5) is 0 Å². The predicted molar refractivity (Wildman–Crippen MR) is 131 cm³/mol. The monoisotopic (exact) mass is 464 g/mol. The molecule has 2 fully saturated rings. The Morgan fingerprint density at radius 2 is 1.65 bits per heavy atom. The van der Waals surface area contributed by atoms with E-state index in [9.17, 15) is 4.79 Å². The number of aryl methyl sites for hydroxylation is 1. The van der Waals surface area contributed by atoms with Crippen molar-refractivity contribution in [3.63, 3.8) is 0 Å². The van der Waals surface area contributed by atoms with E-state index in [0.29, 0.717) is 12.5 Å². The maximum atomic E-state index is 12.8. The van der Waals surface area contributed by atoms with E-state index in [1.165, 1.54) is 16.7 Å². The average molecular weight is 465 g/mol. The van der Waals surface area contributed by atoms with Crippen LogP contribution in [0.25, 0.3) is 0 Å². The summed E-state index contributed by atoms with van der Waals surface area (Å²) in [4.78, 5) is 19.5. The fraction of sp³-hybridized carbons (Fsp3) is 0.458. The third-order valence-electron chi connectivity index (χ3n) is 6.24. The molecule has 2 aliphatic heterocycles. The van der Waals surface area contributed by atoms with Gasteiger partial charge in [-0.2, -0.15) is 0 Å². The Bertz CT molecular complexity index is 827. The van der Waals surface area contributed by atoms with Gasteiger partial charge >= 0.3 is 0 Å². The number of nitrogens with two attached hydrogens (primary N) is 1. The van der Waals surface area contributed by atoms with Gasteiger partial charge in [0, 0.05) is 57.8 Å². The second-order valence-corrected chi connectivity index (χ2v) is 8.52. The molecule has 0 aliphatic carbocycles. The number of carbonyl (C=O) groups excluding carboxylic acids is 1. The first-order chi connectivity index (χ1) is 14.1. The number of likely N-dealkylation sites (tertiary alicyclic amines) is 1. The molecule has 4 rings (SSSR count). The highest BCUT2D eigenvalue weighted by Crippen LogP contribution is 2.26. The lowest BCUT2D eigenvalue weighted by Gasteiger charge is -2.35. The molecular formula is C24H34Cl2N4O. The molecule has 31 heavy (non-hydrogen) atoms. The lowest BCUT2D eigenvalue weighted by molar-refractivity contribution is -0.134. The SMILES string of the molecule is Cc1cccc(CN2CCN(C(=O)CN3C[C@@H](N)[C@H](c4ccccc4)C3)CC2)c1.Cl.Cl. The fourth-order valence-corrected chi connectivity index (χ4v) is 4.61. The van der Waals surface area contributed by atoms with Crippen molar-refractivity contribution in [1.82, 2.24) is 14.7 Å². The Balaban J connectivity index is 0.00000171. The lowest BCUT2D eigenvalue weighted by atomic mass is 9.95. The zero-order chi connectivity index (χ0) is 20.2. The van der Waals surface area contributed by atoms with Gasteiger partial charge in [-0.05, 0) is 18.1 Å². The van der Waals surface area contributed by atoms with Crippen LogP contribution in [0, 0.1) is 6.92 Å². The van der Waals surface area contributed by atoms with Crippen LogP contribution in [0.2, 0.25) is 0 Å². The van der Waals surface area contributed by atoms with Crippen LogP contribution in [-0.4, -0.2) is 72.5 Å². The molecule has 0 saturated carbocycles. The van der Waals surface area contributed by atoms with Crippen molar-refractivity contribution >= 4 is 30.7 Å². The number of benzene rings is 2. The zero-order valence-electron chi connectivity index (χ0n) is 18.2. The lowest BCUT2D eigenvalue weighted by Crippen LogP contribution is -2.50. The Morgan fingerprint density at radius 1 is 0.935 bits per heavy atom. The number of amides is 1. The van der Waals surface area contributed by atoms with Gasteiger partial charge in [-0.15, -0.1) is 24.8 Å². The van der Waals surface area contributed by atoms with Gasteiger partial charge < -0.3 is 10.6 Å². The minimum atomic E-state index is 0. The molecule has 7 heteroatoms. The predicted octanol–water partition coefficient (Wildman–Crippen LogP) is 2.91. The Morgan fingerprint density at radius 3 is 2.32 bits per heavy atom. The highest BCUT2D eigenvalue weighted by molar-refractivity contribution is 5.85. The maximum Gasteiger partial charge on any atom is 0.236 e. The summed E-state index contributed by atoms with van der Waals surface area (Å²) in [6.45, 7) is 8.73. The second kappa shape index (κ2) is 11.8. The second-order valence-electron chi connectivity index (χ2n) is 8.52. The number of piperazine rings is 1. The molecule has 1 amide bonds. The zero-order valence-corrected chi connectivity index (χ0v) is 19.8. The number of carbonyl (C=O) groups is 1. The van der Waals surface area contributed by atoms with Gasteiger partial charge in [0.25, 0.3) is 0 Å². The Kier molecular flexibility index (Phi) is 9.79. The summed E-state index contributed by atoms with van der Waals surface area (Å²) in [5.41, 5.74) is 10.3. The normalized spacial score (nSPS) is 21.9. The molecule has 2 aromatic rings. The van der Waals surface area contributed by atoms with Crippen molar-refractivity contribution in [1.29, 1.82) is 0 Å². The van der Waals surface area contributed by atoms with Crippen LogP contribution in [0.3, 0.4) is 0 Å². The third kappa shape index (κ3) is 6.67. The smallest absolute Gasteiger partial charge is 0.236 e. The molecule has 0 aromatic heterocycles. The summed E-state index contributed by atoms with van der Waals surface area (Å²) in [6, 6.07) is 19.2. The number of hydrogen-bond acceptors (Lipinski definition) is 4. The topological polar surface area (TPSA) is 52.8 Å². The molecule has 0 spiro atoms. The summed E-state index contributed by atoms with van der Waals surface area (Å²) in [6.07, 6.45) is 0. The summed E-state index contributed by atoms with van der Waals surface area (Å²) in [5, 5.41) is 0. The number of nitrogens with zero attached hydrogens (tertiary/aromatic N) is 3. The van der Waals surface area contributed by atoms with E-state index >= 15 is 0 Å². The summed E-state index contributed by atoms with van der Waals surface area (Å²) in [5.74, 6) is 0.552. The Hall–Kier alpha value is -1.63. The molecule has 0 bridgehead atoms. The van der Waals surface area contributed by atoms with Crippen molar-refractivity contribution in [2.45, 2.75) is 25.4 Å². The minimum absolute atomic E-state index is 0. The van der Waals surface area contributed by atoms with Crippen LogP contribution < -0.4 is 5.73 Å². The third-order valence-corrected chi connectivity index (χ3v) is 6.24. The van der Waals surface area contributed by atoms with Gasteiger partial charge in [0.15, 0.2) is 0 Å². The number of halogens is 2. The molecule has 2 saturated heterocycles.